The zero-order valence-corrected chi connectivity index (χ0v) is 26.3. The number of hydrogen-bond acceptors (Lipinski definition) is 1. The normalized spacial score (nSPS) is 13.3. The number of hydrogen-bond donors (Lipinski definition) is 0. The van der Waals surface area contributed by atoms with Crippen LogP contribution in [0, 0.1) is 19.0 Å². The molecule has 0 spiro atoms. The van der Waals surface area contributed by atoms with E-state index in [9.17, 15) is 0 Å². The molecule has 0 atom stereocenters. The van der Waals surface area contributed by atoms with Gasteiger partial charge in [-0.1, -0.05) is 37.6 Å². The summed E-state index contributed by atoms with van der Waals surface area (Å²) in [6, 6.07) is 38.2. The Morgan fingerprint density at radius 1 is 0.810 bits per heavy atom. The van der Waals surface area contributed by atoms with E-state index in [4.69, 9.17) is 4.11 Å². The molecule has 212 valence electrons. The Balaban J connectivity index is 0.00000357. The van der Waals surface area contributed by atoms with Crippen LogP contribution in [0.2, 0.25) is 0 Å². The molecule has 5 heteroatoms. The van der Waals surface area contributed by atoms with Crippen LogP contribution in [0.25, 0.3) is 44.3 Å². The van der Waals surface area contributed by atoms with Crippen molar-refractivity contribution in [2.24, 2.45) is 0 Å². The first-order valence-corrected chi connectivity index (χ1v) is 14.0. The third-order valence-corrected chi connectivity index (χ3v) is 8.16. The smallest absolute Gasteiger partial charge is 0.188 e. The Morgan fingerprint density at radius 2 is 1.55 bits per heavy atom. The third kappa shape index (κ3) is 4.50. The standard InChI is InChI=1S/C37H33N4.Pt/c1-25(2)39-24-40(34-16-9-8-15-33(34)39)29-12-10-11-27(22-29)37(4,5)28-17-18-31-30-13-6-7-14-32(30)41(35(31)23-28)36-21-26(3)19-20-38-36;/h6-21,24-25H,1-5H3;/q-1;/i3D3;. The van der Waals surface area contributed by atoms with Crippen LogP contribution < -0.4 is 0 Å². The van der Waals surface area contributed by atoms with Gasteiger partial charge in [0.25, 0.3) is 0 Å². The second-order valence-corrected chi connectivity index (χ2v) is 11.4. The van der Waals surface area contributed by atoms with Crippen LogP contribution in [-0.2, 0) is 26.5 Å². The number of para-hydroxylation sites is 3. The Kier molecular flexibility index (Phi) is 6.25. The van der Waals surface area contributed by atoms with E-state index in [0.29, 0.717) is 11.9 Å². The first-order valence-electron chi connectivity index (χ1n) is 15.5. The minimum atomic E-state index is -2.23. The average Bonchev–Trinajstić information content (AvgIpc) is 3.57. The second kappa shape index (κ2) is 10.7. The van der Waals surface area contributed by atoms with E-state index in [1.54, 1.807) is 18.3 Å². The molecule has 0 unspecified atom stereocenters. The van der Waals surface area contributed by atoms with E-state index < -0.39 is 12.3 Å². The number of aryl methyl sites for hydroxylation is 1. The van der Waals surface area contributed by atoms with Crippen molar-refractivity contribution >= 4 is 32.8 Å². The molecule has 7 rings (SSSR count). The molecule has 0 N–H and O–H groups in total. The number of fused-ring (bicyclic) bond motifs is 4. The van der Waals surface area contributed by atoms with E-state index in [2.05, 4.69) is 121 Å². The number of imidazole rings is 1. The van der Waals surface area contributed by atoms with Crippen molar-refractivity contribution in [3.8, 4) is 11.5 Å². The van der Waals surface area contributed by atoms with Crippen LogP contribution in [0.1, 0.15) is 54.5 Å². The summed E-state index contributed by atoms with van der Waals surface area (Å²) >= 11 is 0. The summed E-state index contributed by atoms with van der Waals surface area (Å²) < 4.78 is 30.4. The van der Waals surface area contributed by atoms with Crippen molar-refractivity contribution < 1.29 is 25.2 Å². The fourth-order valence-corrected chi connectivity index (χ4v) is 5.88. The van der Waals surface area contributed by atoms with Crippen molar-refractivity contribution in [1.29, 1.82) is 0 Å². The maximum atomic E-state index is 7.96. The van der Waals surface area contributed by atoms with Gasteiger partial charge in [0.05, 0.1) is 6.04 Å². The fraction of sp³-hybridized carbons (Fsp3) is 0.189. The summed E-state index contributed by atoms with van der Waals surface area (Å²) in [4.78, 5) is 4.61. The monoisotopic (exact) mass is 731 g/mol. The van der Waals surface area contributed by atoms with Gasteiger partial charge in [0.2, 0.25) is 0 Å². The molecule has 0 saturated carbocycles. The number of nitrogens with zero attached hydrogens (tertiary/aromatic N) is 4. The second-order valence-electron chi connectivity index (χ2n) is 11.4. The van der Waals surface area contributed by atoms with E-state index in [-0.39, 0.29) is 26.6 Å². The molecule has 0 bridgehead atoms. The van der Waals surface area contributed by atoms with Crippen LogP contribution in [0.4, 0.5) is 0 Å². The Labute approximate surface area is 265 Å². The predicted octanol–water partition coefficient (Wildman–Crippen LogP) is 9.02. The molecule has 4 aromatic carbocycles. The molecule has 3 aromatic heterocycles. The molecule has 0 amide bonds. The Bertz CT molecular complexity index is 2190. The van der Waals surface area contributed by atoms with E-state index in [0.717, 1.165) is 44.1 Å². The van der Waals surface area contributed by atoms with Gasteiger partial charge in [-0.15, -0.1) is 23.1 Å². The summed E-state index contributed by atoms with van der Waals surface area (Å²) in [7, 11) is 0. The van der Waals surface area contributed by atoms with Gasteiger partial charge in [-0.05, 0) is 67.4 Å². The van der Waals surface area contributed by atoms with Crippen LogP contribution in [0.15, 0.2) is 104 Å². The van der Waals surface area contributed by atoms with Crippen LogP contribution in [-0.4, -0.2) is 18.7 Å². The van der Waals surface area contributed by atoms with Crippen molar-refractivity contribution in [3.05, 3.63) is 132 Å². The van der Waals surface area contributed by atoms with Crippen molar-refractivity contribution in [2.45, 2.75) is 46.0 Å². The average molecular weight is 732 g/mol. The maximum Gasteiger partial charge on any atom is 0.188 e. The molecule has 42 heavy (non-hydrogen) atoms. The van der Waals surface area contributed by atoms with Crippen molar-refractivity contribution in [3.63, 3.8) is 0 Å². The minimum absolute atomic E-state index is 0. The molecule has 0 aliphatic rings. The molecule has 0 aliphatic carbocycles. The van der Waals surface area contributed by atoms with Gasteiger partial charge in [0, 0.05) is 54.7 Å². The summed E-state index contributed by atoms with van der Waals surface area (Å²) in [5.74, 6) is 0.558. The number of rotatable bonds is 5. The Hall–Kier alpha value is -4.01. The summed E-state index contributed by atoms with van der Waals surface area (Å²) in [6.07, 6.45) is 3.73. The molecule has 0 aliphatic heterocycles. The quantitative estimate of drug-likeness (QED) is 0.163. The fourth-order valence-electron chi connectivity index (χ4n) is 5.88. The number of aromatic nitrogens is 4. The van der Waals surface area contributed by atoms with Crippen LogP contribution >= 0.6 is 0 Å². The van der Waals surface area contributed by atoms with Gasteiger partial charge < -0.3 is 4.57 Å². The van der Waals surface area contributed by atoms with Gasteiger partial charge in [-0.25, -0.2) is 14.1 Å². The first-order chi connectivity index (χ1) is 21.0. The maximum absolute atomic E-state index is 7.96. The topological polar surface area (TPSA) is 27.7 Å². The van der Waals surface area contributed by atoms with E-state index in [1.165, 1.54) is 5.52 Å². The Morgan fingerprint density at radius 3 is 2.33 bits per heavy atom. The predicted molar refractivity (Wildman–Crippen MR) is 169 cm³/mol. The zero-order chi connectivity index (χ0) is 30.8. The SMILES string of the molecule is [2H]C([2H])([2H])c1ccnc(-n2c3[c-]c(C(C)(C)c4[c-]c(-n5[cH+]n(C(C)C)c6ccccc65)ccc4)ccc3c3ccccc32)c1.[Pt]. The number of benzene rings is 4. The van der Waals surface area contributed by atoms with Gasteiger partial charge in [-0.3, -0.25) is 0 Å². The largest absolute Gasteiger partial charge is 0.319 e. The molecule has 0 saturated heterocycles. The van der Waals surface area contributed by atoms with Crippen molar-refractivity contribution in [2.75, 3.05) is 0 Å². The van der Waals surface area contributed by atoms with Gasteiger partial charge in [0.1, 0.15) is 5.82 Å². The van der Waals surface area contributed by atoms with Crippen LogP contribution in [0.3, 0.4) is 0 Å². The molecule has 4 nitrogen and oxygen atoms in total. The molecular weight excluding hydrogens is 696 g/mol. The molecule has 0 fully saturated rings. The first kappa shape index (κ1) is 24.6. The molecule has 3 heterocycles. The molecule has 0 radical (unpaired) electrons. The van der Waals surface area contributed by atoms with Gasteiger partial charge in [-0.2, -0.15) is 35.9 Å². The zero-order valence-electron chi connectivity index (χ0n) is 27.0. The van der Waals surface area contributed by atoms with E-state index in [1.807, 2.05) is 22.8 Å². The summed E-state index contributed by atoms with van der Waals surface area (Å²) in [5, 5.41) is 2.10. The molecular formula is C37H33N4Pt-. The molecule has 7 aromatic rings. The number of pyridine rings is 1. The van der Waals surface area contributed by atoms with E-state index >= 15 is 0 Å². The van der Waals surface area contributed by atoms with Gasteiger partial charge >= 0.3 is 0 Å². The van der Waals surface area contributed by atoms with Crippen molar-refractivity contribution in [1.82, 2.24) is 18.7 Å². The minimum Gasteiger partial charge on any atom is -0.319 e. The van der Waals surface area contributed by atoms with Gasteiger partial charge in [0.15, 0.2) is 17.4 Å². The summed E-state index contributed by atoms with van der Waals surface area (Å²) in [6.45, 7) is 6.56. The summed E-state index contributed by atoms with van der Waals surface area (Å²) in [5.41, 5.74) is 6.98. The van der Waals surface area contributed by atoms with Crippen LogP contribution in [0.5, 0.6) is 0 Å². The third-order valence-electron chi connectivity index (χ3n) is 8.16.